The van der Waals surface area contributed by atoms with Crippen LogP contribution in [0.4, 0.5) is 0 Å². The Bertz CT molecular complexity index is 161. The number of ketones is 1. The molecule has 0 aliphatic heterocycles. The molecule has 0 amide bonds. The summed E-state index contributed by atoms with van der Waals surface area (Å²) in [5, 5.41) is 0. The van der Waals surface area contributed by atoms with Crippen molar-refractivity contribution in [3.8, 4) is 0 Å². The molecule has 1 nitrogen and oxygen atoms in total. The Hall–Kier alpha value is -0.120. The van der Waals surface area contributed by atoms with Crippen molar-refractivity contribution in [2.45, 2.75) is 25.7 Å². The van der Waals surface area contributed by atoms with Crippen molar-refractivity contribution in [1.82, 2.24) is 0 Å². The Morgan fingerprint density at radius 1 is 1.33 bits per heavy atom. The molecule has 0 N–H and O–H groups in total. The van der Waals surface area contributed by atoms with Crippen molar-refractivity contribution in [2.75, 3.05) is 4.43 Å². The molecule has 0 aliphatic rings. The molecular weight excluding hydrogens is 263 g/mol. The third-order valence-electron chi connectivity index (χ3n) is 1.46. The van der Waals surface area contributed by atoms with E-state index in [0.717, 1.165) is 19.3 Å². The molecule has 0 aromatic rings. The number of rotatable bonds is 7. The summed E-state index contributed by atoms with van der Waals surface area (Å²) in [7, 11) is 0. The SMILES string of the molecule is C=CC(=O)CCC/C=C/CCI. The van der Waals surface area contributed by atoms with Gasteiger partial charge < -0.3 is 0 Å². The first-order valence-corrected chi connectivity index (χ1v) is 5.70. The minimum absolute atomic E-state index is 0.150. The van der Waals surface area contributed by atoms with Crippen molar-refractivity contribution in [1.29, 1.82) is 0 Å². The fraction of sp³-hybridized carbons (Fsp3) is 0.500. The first kappa shape index (κ1) is 11.9. The van der Waals surface area contributed by atoms with Crippen LogP contribution in [0.3, 0.4) is 0 Å². The highest BCUT2D eigenvalue weighted by Gasteiger charge is 1.92. The summed E-state index contributed by atoms with van der Waals surface area (Å²) in [6.45, 7) is 3.42. The van der Waals surface area contributed by atoms with Crippen LogP contribution in [-0.2, 0) is 4.79 Å². The Morgan fingerprint density at radius 3 is 2.58 bits per heavy atom. The van der Waals surface area contributed by atoms with E-state index in [1.165, 1.54) is 10.5 Å². The van der Waals surface area contributed by atoms with Gasteiger partial charge in [-0.25, -0.2) is 0 Å². The van der Waals surface area contributed by atoms with E-state index in [1.54, 1.807) is 0 Å². The van der Waals surface area contributed by atoms with E-state index in [9.17, 15) is 4.79 Å². The maximum absolute atomic E-state index is 10.8. The molecule has 0 saturated heterocycles. The lowest BCUT2D eigenvalue weighted by molar-refractivity contribution is -0.114. The average Bonchev–Trinajstić information content (AvgIpc) is 2.10. The number of hydrogen-bond donors (Lipinski definition) is 0. The van der Waals surface area contributed by atoms with E-state index in [2.05, 4.69) is 41.3 Å². The molecule has 0 fully saturated rings. The molecule has 12 heavy (non-hydrogen) atoms. The van der Waals surface area contributed by atoms with Gasteiger partial charge in [-0.05, 0) is 25.3 Å². The average molecular weight is 278 g/mol. The van der Waals surface area contributed by atoms with Crippen LogP contribution in [0.15, 0.2) is 24.8 Å². The van der Waals surface area contributed by atoms with E-state index in [4.69, 9.17) is 0 Å². The smallest absolute Gasteiger partial charge is 0.155 e. The van der Waals surface area contributed by atoms with Gasteiger partial charge in [-0.1, -0.05) is 41.3 Å². The quantitative estimate of drug-likeness (QED) is 0.229. The number of allylic oxidation sites excluding steroid dienone is 3. The summed E-state index contributed by atoms with van der Waals surface area (Å²) < 4.78 is 1.17. The minimum atomic E-state index is 0.150. The van der Waals surface area contributed by atoms with Gasteiger partial charge in [-0.2, -0.15) is 0 Å². The summed E-state index contributed by atoms with van der Waals surface area (Å²) in [6.07, 6.45) is 9.45. The zero-order valence-corrected chi connectivity index (χ0v) is 9.42. The summed E-state index contributed by atoms with van der Waals surface area (Å²) in [6, 6.07) is 0. The van der Waals surface area contributed by atoms with Crippen LogP contribution in [0, 0.1) is 0 Å². The highest BCUT2D eigenvalue weighted by molar-refractivity contribution is 14.1. The van der Waals surface area contributed by atoms with Crippen molar-refractivity contribution >= 4 is 28.4 Å². The topological polar surface area (TPSA) is 17.1 Å². The van der Waals surface area contributed by atoms with Crippen LogP contribution in [0.5, 0.6) is 0 Å². The van der Waals surface area contributed by atoms with Crippen LogP contribution in [0.2, 0.25) is 0 Å². The van der Waals surface area contributed by atoms with Gasteiger partial charge in [0.25, 0.3) is 0 Å². The van der Waals surface area contributed by atoms with Gasteiger partial charge in [0.2, 0.25) is 0 Å². The zero-order chi connectivity index (χ0) is 9.23. The molecule has 68 valence electrons. The van der Waals surface area contributed by atoms with Crippen molar-refractivity contribution in [3.05, 3.63) is 24.8 Å². The number of hydrogen-bond acceptors (Lipinski definition) is 1. The Labute approximate surface area is 88.1 Å². The minimum Gasteiger partial charge on any atom is -0.295 e. The number of carbonyl (C=O) groups is 1. The van der Waals surface area contributed by atoms with Gasteiger partial charge >= 0.3 is 0 Å². The highest BCUT2D eigenvalue weighted by atomic mass is 127. The Morgan fingerprint density at radius 2 is 2.00 bits per heavy atom. The number of halogens is 1. The monoisotopic (exact) mass is 278 g/mol. The zero-order valence-electron chi connectivity index (χ0n) is 7.26. The van der Waals surface area contributed by atoms with E-state index in [1.807, 2.05) is 0 Å². The first-order chi connectivity index (χ1) is 5.81. The summed E-state index contributed by atoms with van der Waals surface area (Å²) in [5.41, 5.74) is 0. The van der Waals surface area contributed by atoms with E-state index in [0.29, 0.717) is 6.42 Å². The summed E-state index contributed by atoms with van der Waals surface area (Å²) >= 11 is 2.35. The molecule has 0 saturated carbocycles. The van der Waals surface area contributed by atoms with Gasteiger partial charge in [0.15, 0.2) is 5.78 Å². The molecule has 0 aromatic carbocycles. The molecule has 0 aromatic heterocycles. The third-order valence-corrected chi connectivity index (χ3v) is 2.09. The van der Waals surface area contributed by atoms with E-state index >= 15 is 0 Å². The fourth-order valence-electron chi connectivity index (χ4n) is 0.795. The number of unbranched alkanes of at least 4 members (excludes halogenated alkanes) is 1. The Kier molecular flexibility index (Phi) is 8.88. The molecule has 0 rings (SSSR count). The second kappa shape index (κ2) is 8.97. The predicted molar refractivity (Wildman–Crippen MR) is 61.7 cm³/mol. The van der Waals surface area contributed by atoms with Crippen molar-refractivity contribution in [2.24, 2.45) is 0 Å². The fourth-order valence-corrected chi connectivity index (χ4v) is 1.15. The van der Waals surface area contributed by atoms with Gasteiger partial charge in [-0.3, -0.25) is 4.79 Å². The molecule has 2 heteroatoms. The van der Waals surface area contributed by atoms with E-state index in [-0.39, 0.29) is 5.78 Å². The second-order valence-electron chi connectivity index (χ2n) is 2.51. The molecule has 0 heterocycles. The molecule has 0 atom stereocenters. The van der Waals surface area contributed by atoms with Crippen LogP contribution >= 0.6 is 22.6 Å². The highest BCUT2D eigenvalue weighted by Crippen LogP contribution is 1.99. The van der Waals surface area contributed by atoms with Crippen LogP contribution in [0.1, 0.15) is 25.7 Å². The van der Waals surface area contributed by atoms with Crippen molar-refractivity contribution in [3.63, 3.8) is 0 Å². The molecule has 0 radical (unpaired) electrons. The molecule has 0 bridgehead atoms. The molecular formula is C10H15IO. The summed E-state index contributed by atoms with van der Waals surface area (Å²) in [5.74, 6) is 0.150. The van der Waals surface area contributed by atoms with E-state index < -0.39 is 0 Å². The lowest BCUT2D eigenvalue weighted by Crippen LogP contribution is -1.89. The molecule has 0 aliphatic carbocycles. The maximum atomic E-state index is 10.8. The number of carbonyl (C=O) groups excluding carboxylic acids is 1. The lowest BCUT2D eigenvalue weighted by atomic mass is 10.1. The number of alkyl halides is 1. The largest absolute Gasteiger partial charge is 0.295 e. The first-order valence-electron chi connectivity index (χ1n) is 4.17. The standard InChI is InChI=1S/C10H15IO/c1-2-10(12)8-6-4-3-5-7-9-11/h2-3,5H,1,4,6-9H2/b5-3+. The molecule has 0 unspecified atom stereocenters. The van der Waals surface area contributed by atoms with Gasteiger partial charge in [0.05, 0.1) is 0 Å². The van der Waals surface area contributed by atoms with Gasteiger partial charge in [0.1, 0.15) is 0 Å². The maximum Gasteiger partial charge on any atom is 0.155 e. The van der Waals surface area contributed by atoms with Crippen LogP contribution < -0.4 is 0 Å². The lowest BCUT2D eigenvalue weighted by Gasteiger charge is -1.91. The van der Waals surface area contributed by atoms with Crippen LogP contribution in [-0.4, -0.2) is 10.2 Å². The predicted octanol–water partition coefficient (Wildman–Crippen LogP) is 3.29. The van der Waals surface area contributed by atoms with Gasteiger partial charge in [-0.15, -0.1) is 0 Å². The second-order valence-corrected chi connectivity index (χ2v) is 3.59. The van der Waals surface area contributed by atoms with Gasteiger partial charge in [0, 0.05) is 10.8 Å². The van der Waals surface area contributed by atoms with Crippen molar-refractivity contribution < 1.29 is 4.79 Å². The van der Waals surface area contributed by atoms with Crippen LogP contribution in [0.25, 0.3) is 0 Å². The normalized spacial score (nSPS) is 10.4. The Balaban J connectivity index is 3.20. The summed E-state index contributed by atoms with van der Waals surface area (Å²) in [4.78, 5) is 10.8. The molecule has 0 spiro atoms. The third kappa shape index (κ3) is 7.98.